The summed E-state index contributed by atoms with van der Waals surface area (Å²) in [7, 11) is 0. The van der Waals surface area contributed by atoms with Crippen molar-refractivity contribution in [3.63, 3.8) is 0 Å². The summed E-state index contributed by atoms with van der Waals surface area (Å²) in [6, 6.07) is 15.6. The summed E-state index contributed by atoms with van der Waals surface area (Å²) in [6.45, 7) is 3.80. The van der Waals surface area contributed by atoms with Gasteiger partial charge < -0.3 is 10.1 Å². The van der Waals surface area contributed by atoms with Crippen molar-refractivity contribution in [2.45, 2.75) is 17.5 Å². The van der Waals surface area contributed by atoms with Crippen molar-refractivity contribution in [2.24, 2.45) is 0 Å². The van der Waals surface area contributed by atoms with Crippen LogP contribution in [0.1, 0.15) is 5.56 Å². The van der Waals surface area contributed by atoms with Gasteiger partial charge in [0.15, 0.2) is 0 Å². The first kappa shape index (κ1) is 20.5. The monoisotopic (exact) mass is 424 g/mol. The summed E-state index contributed by atoms with van der Waals surface area (Å²) in [5, 5.41) is 4.16. The fraction of sp³-hybridized carbons (Fsp3) is 0.350. The molecular weight excluding hydrogens is 403 g/mol. The van der Waals surface area contributed by atoms with Gasteiger partial charge in [0.2, 0.25) is 5.91 Å². The molecule has 1 unspecified atom stereocenters. The fourth-order valence-electron chi connectivity index (χ4n) is 2.90. The van der Waals surface area contributed by atoms with Crippen LogP contribution in [0.5, 0.6) is 0 Å². The van der Waals surface area contributed by atoms with E-state index in [0.29, 0.717) is 28.9 Å². The second-order valence-corrected chi connectivity index (χ2v) is 8.24. The number of benzene rings is 2. The van der Waals surface area contributed by atoms with E-state index in [9.17, 15) is 4.79 Å². The molecule has 2 aromatic rings. The highest BCUT2D eigenvalue weighted by atomic mass is 35.5. The number of amides is 1. The smallest absolute Gasteiger partial charge is 0.230 e. The van der Waals surface area contributed by atoms with E-state index >= 15 is 0 Å². The molecule has 27 heavy (non-hydrogen) atoms. The molecule has 0 spiro atoms. The second-order valence-electron chi connectivity index (χ2n) is 6.38. The molecular formula is C20H22Cl2N2O2S. The zero-order valence-corrected chi connectivity index (χ0v) is 17.2. The summed E-state index contributed by atoms with van der Waals surface area (Å²) in [5.74, 6) is 0.250. The molecule has 1 saturated heterocycles. The van der Waals surface area contributed by atoms with E-state index in [1.54, 1.807) is 18.2 Å². The Morgan fingerprint density at radius 3 is 2.85 bits per heavy atom. The van der Waals surface area contributed by atoms with Gasteiger partial charge in [-0.15, -0.1) is 11.8 Å². The fourth-order valence-corrected chi connectivity index (χ4v) is 4.22. The van der Waals surface area contributed by atoms with Gasteiger partial charge in [-0.1, -0.05) is 53.5 Å². The largest absolute Gasteiger partial charge is 0.374 e. The molecule has 144 valence electrons. The molecule has 1 aliphatic heterocycles. The number of hydrogen-bond acceptors (Lipinski definition) is 4. The van der Waals surface area contributed by atoms with Crippen LogP contribution in [0.2, 0.25) is 10.0 Å². The van der Waals surface area contributed by atoms with Crippen molar-refractivity contribution in [3.8, 4) is 0 Å². The molecule has 0 bridgehead atoms. The topological polar surface area (TPSA) is 41.6 Å². The van der Waals surface area contributed by atoms with Crippen molar-refractivity contribution in [3.05, 3.63) is 64.1 Å². The van der Waals surface area contributed by atoms with Crippen LogP contribution in [-0.2, 0) is 16.1 Å². The van der Waals surface area contributed by atoms with Gasteiger partial charge in [0.25, 0.3) is 0 Å². The average molecular weight is 425 g/mol. The Morgan fingerprint density at radius 2 is 2.04 bits per heavy atom. The standard InChI is InChI=1S/C20H22Cl2N2O2S/c21-16-6-7-18(22)19(10-16)27-14-20(25)23-11-17-13-24(8-9-26-17)12-15-4-2-1-3-5-15/h1-7,10,17H,8-9,11-14H2,(H,23,25). The third kappa shape index (κ3) is 6.70. The van der Waals surface area contributed by atoms with Gasteiger partial charge in [0.05, 0.1) is 23.5 Å². The molecule has 0 aromatic heterocycles. The maximum atomic E-state index is 12.2. The van der Waals surface area contributed by atoms with Gasteiger partial charge in [-0.3, -0.25) is 9.69 Å². The number of rotatable bonds is 7. The minimum Gasteiger partial charge on any atom is -0.374 e. The highest BCUT2D eigenvalue weighted by molar-refractivity contribution is 8.00. The first-order chi connectivity index (χ1) is 13.1. The number of nitrogens with zero attached hydrogens (tertiary/aromatic N) is 1. The van der Waals surface area contributed by atoms with Crippen molar-refractivity contribution in [2.75, 3.05) is 32.0 Å². The van der Waals surface area contributed by atoms with Gasteiger partial charge in [-0.05, 0) is 23.8 Å². The van der Waals surface area contributed by atoms with Gasteiger partial charge in [-0.2, -0.15) is 0 Å². The van der Waals surface area contributed by atoms with Crippen LogP contribution in [0.3, 0.4) is 0 Å². The van der Waals surface area contributed by atoms with E-state index in [2.05, 4.69) is 34.5 Å². The number of carbonyl (C=O) groups is 1. The highest BCUT2D eigenvalue weighted by Crippen LogP contribution is 2.29. The lowest BCUT2D eigenvalue weighted by molar-refractivity contribution is -0.119. The predicted molar refractivity (Wildman–Crippen MR) is 112 cm³/mol. The SMILES string of the molecule is O=C(CSc1cc(Cl)ccc1Cl)NCC1CN(Cc2ccccc2)CCO1. The molecule has 2 aromatic carbocycles. The van der Waals surface area contributed by atoms with Crippen LogP contribution >= 0.6 is 35.0 Å². The van der Waals surface area contributed by atoms with E-state index in [-0.39, 0.29) is 12.0 Å². The first-order valence-electron chi connectivity index (χ1n) is 8.82. The Kier molecular flexibility index (Phi) is 7.85. The van der Waals surface area contributed by atoms with Crippen LogP contribution in [0.4, 0.5) is 0 Å². The van der Waals surface area contributed by atoms with E-state index < -0.39 is 0 Å². The zero-order valence-electron chi connectivity index (χ0n) is 14.9. The Hall–Kier alpha value is -1.24. The van der Waals surface area contributed by atoms with Gasteiger partial charge in [0, 0.05) is 36.1 Å². The minimum atomic E-state index is -0.0418. The van der Waals surface area contributed by atoms with Crippen LogP contribution in [0, 0.1) is 0 Å². The summed E-state index contributed by atoms with van der Waals surface area (Å²) >= 11 is 13.5. The quantitative estimate of drug-likeness (QED) is 0.679. The van der Waals surface area contributed by atoms with Gasteiger partial charge in [-0.25, -0.2) is 0 Å². The number of thioether (sulfide) groups is 1. The molecule has 4 nitrogen and oxygen atoms in total. The Bertz CT molecular complexity index is 761. The number of halogens is 2. The van der Waals surface area contributed by atoms with E-state index in [4.69, 9.17) is 27.9 Å². The Morgan fingerprint density at radius 1 is 1.22 bits per heavy atom. The molecule has 1 fully saturated rings. The van der Waals surface area contributed by atoms with E-state index in [1.165, 1.54) is 17.3 Å². The van der Waals surface area contributed by atoms with Crippen LogP contribution in [0.15, 0.2) is 53.4 Å². The number of morpholine rings is 1. The molecule has 1 atom stereocenters. The molecule has 1 amide bonds. The first-order valence-corrected chi connectivity index (χ1v) is 10.6. The number of ether oxygens (including phenoxy) is 1. The van der Waals surface area contributed by atoms with Crippen molar-refractivity contribution >= 4 is 40.9 Å². The molecule has 1 aliphatic rings. The third-order valence-electron chi connectivity index (χ3n) is 4.25. The lowest BCUT2D eigenvalue weighted by atomic mass is 10.2. The maximum absolute atomic E-state index is 12.2. The predicted octanol–water partition coefficient (Wildman–Crippen LogP) is 4.10. The third-order valence-corrected chi connectivity index (χ3v) is 5.98. The average Bonchev–Trinajstić information content (AvgIpc) is 2.68. The highest BCUT2D eigenvalue weighted by Gasteiger charge is 2.21. The number of hydrogen-bond donors (Lipinski definition) is 1. The van der Waals surface area contributed by atoms with E-state index in [1.807, 2.05) is 6.07 Å². The van der Waals surface area contributed by atoms with Crippen LogP contribution in [0.25, 0.3) is 0 Å². The lowest BCUT2D eigenvalue weighted by Gasteiger charge is -2.33. The van der Waals surface area contributed by atoms with Crippen molar-refractivity contribution in [1.29, 1.82) is 0 Å². The number of nitrogens with one attached hydrogen (secondary N) is 1. The summed E-state index contributed by atoms with van der Waals surface area (Å²) < 4.78 is 5.79. The zero-order chi connectivity index (χ0) is 19.1. The molecule has 0 saturated carbocycles. The molecule has 1 N–H and O–H groups in total. The summed E-state index contributed by atoms with van der Waals surface area (Å²) in [5.41, 5.74) is 1.29. The molecule has 1 heterocycles. The normalized spacial score (nSPS) is 17.6. The van der Waals surface area contributed by atoms with E-state index in [0.717, 1.165) is 24.5 Å². The molecule has 0 radical (unpaired) electrons. The molecule has 3 rings (SSSR count). The molecule has 0 aliphatic carbocycles. The van der Waals surface area contributed by atoms with Crippen molar-refractivity contribution < 1.29 is 9.53 Å². The summed E-state index contributed by atoms with van der Waals surface area (Å²) in [4.78, 5) is 15.3. The van der Waals surface area contributed by atoms with Gasteiger partial charge >= 0.3 is 0 Å². The number of carbonyl (C=O) groups excluding carboxylic acids is 1. The Balaban J connectivity index is 1.41. The summed E-state index contributed by atoms with van der Waals surface area (Å²) in [6.07, 6.45) is 0.00571. The minimum absolute atomic E-state index is 0.00571. The van der Waals surface area contributed by atoms with Crippen LogP contribution in [-0.4, -0.2) is 48.9 Å². The maximum Gasteiger partial charge on any atom is 0.230 e. The lowest BCUT2D eigenvalue weighted by Crippen LogP contribution is -2.47. The second kappa shape index (κ2) is 10.3. The molecule has 7 heteroatoms. The van der Waals surface area contributed by atoms with Crippen LogP contribution < -0.4 is 5.32 Å². The van der Waals surface area contributed by atoms with Crippen molar-refractivity contribution in [1.82, 2.24) is 10.2 Å². The Labute approximate surface area is 174 Å². The van der Waals surface area contributed by atoms with Gasteiger partial charge in [0.1, 0.15) is 0 Å².